The molecule has 0 radical (unpaired) electrons. The highest BCUT2D eigenvalue weighted by Gasteiger charge is 2.30. The first-order chi connectivity index (χ1) is 6.63. The summed E-state index contributed by atoms with van der Waals surface area (Å²) in [6.07, 6.45) is 4.36. The number of carbonyl (C=O) groups is 2. The van der Waals surface area contributed by atoms with Crippen LogP contribution in [-0.4, -0.2) is 42.6 Å². The lowest BCUT2D eigenvalue weighted by molar-refractivity contribution is -0.119. The van der Waals surface area contributed by atoms with Gasteiger partial charge in [-0.25, -0.2) is 4.79 Å². The Hall–Kier alpha value is -1.70. The minimum atomic E-state index is -0.418. The summed E-state index contributed by atoms with van der Waals surface area (Å²) in [6, 6.07) is 0. The van der Waals surface area contributed by atoms with Crippen LogP contribution in [0.2, 0.25) is 0 Å². The Labute approximate surface area is 82.4 Å². The molecular weight excluding hydrogens is 184 g/mol. The van der Waals surface area contributed by atoms with Crippen molar-refractivity contribution in [3.8, 4) is 12.3 Å². The number of hydrogen-bond donors (Lipinski definition) is 1. The molecule has 0 bridgehead atoms. The van der Waals surface area contributed by atoms with Gasteiger partial charge in [0.1, 0.15) is 6.10 Å². The van der Waals surface area contributed by atoms with E-state index in [0.29, 0.717) is 13.1 Å². The molecule has 5 nitrogen and oxygen atoms in total. The molecule has 1 heterocycles. The molecule has 5 heteroatoms. The highest BCUT2D eigenvalue weighted by molar-refractivity contribution is 5.73. The maximum Gasteiger partial charge on any atom is 0.411 e. The minimum Gasteiger partial charge on any atom is -0.442 e. The van der Waals surface area contributed by atoms with Crippen molar-refractivity contribution >= 4 is 12.0 Å². The molecule has 14 heavy (non-hydrogen) atoms. The van der Waals surface area contributed by atoms with Crippen LogP contribution in [0.1, 0.15) is 6.92 Å². The summed E-state index contributed by atoms with van der Waals surface area (Å²) in [7, 11) is 0. The first-order valence-electron chi connectivity index (χ1n) is 4.27. The summed E-state index contributed by atoms with van der Waals surface area (Å²) in [6.45, 7) is 2.43. The Morgan fingerprint density at radius 2 is 2.57 bits per heavy atom. The van der Waals surface area contributed by atoms with E-state index in [1.54, 1.807) is 0 Å². The van der Waals surface area contributed by atoms with Gasteiger partial charge in [-0.2, -0.15) is 0 Å². The number of nitrogens with one attached hydrogen (secondary N) is 1. The fourth-order valence-corrected chi connectivity index (χ4v) is 1.18. The minimum absolute atomic E-state index is 0.142. The molecule has 1 unspecified atom stereocenters. The Morgan fingerprint density at radius 3 is 3.14 bits per heavy atom. The zero-order valence-corrected chi connectivity index (χ0v) is 7.95. The molecule has 1 rings (SSSR count). The van der Waals surface area contributed by atoms with Gasteiger partial charge < -0.3 is 10.1 Å². The molecule has 1 aliphatic heterocycles. The summed E-state index contributed by atoms with van der Waals surface area (Å²) >= 11 is 0. The number of amides is 2. The van der Waals surface area contributed by atoms with E-state index in [1.165, 1.54) is 11.8 Å². The monoisotopic (exact) mass is 196 g/mol. The zero-order chi connectivity index (χ0) is 10.6. The predicted octanol–water partition coefficient (Wildman–Crippen LogP) is -0.424. The smallest absolute Gasteiger partial charge is 0.411 e. The largest absolute Gasteiger partial charge is 0.442 e. The second kappa shape index (κ2) is 4.51. The predicted molar refractivity (Wildman–Crippen MR) is 49.4 cm³/mol. The van der Waals surface area contributed by atoms with Gasteiger partial charge in [0.15, 0.2) is 0 Å². The number of ether oxygens (including phenoxy) is 1. The summed E-state index contributed by atoms with van der Waals surface area (Å²) < 4.78 is 4.95. The van der Waals surface area contributed by atoms with E-state index in [1.807, 2.05) is 0 Å². The molecule has 0 aromatic heterocycles. The lowest BCUT2D eigenvalue weighted by Gasteiger charge is -2.08. The van der Waals surface area contributed by atoms with Gasteiger partial charge in [-0.3, -0.25) is 9.69 Å². The van der Waals surface area contributed by atoms with E-state index in [4.69, 9.17) is 11.2 Å². The quantitative estimate of drug-likeness (QED) is 0.623. The van der Waals surface area contributed by atoms with E-state index < -0.39 is 6.09 Å². The highest BCUT2D eigenvalue weighted by Crippen LogP contribution is 2.09. The molecule has 0 aliphatic carbocycles. The van der Waals surface area contributed by atoms with Gasteiger partial charge in [-0.15, -0.1) is 6.42 Å². The third kappa shape index (κ3) is 2.66. The van der Waals surface area contributed by atoms with Crippen LogP contribution in [0.4, 0.5) is 4.79 Å². The van der Waals surface area contributed by atoms with Crippen LogP contribution in [0.15, 0.2) is 0 Å². The molecule has 2 amide bonds. The van der Waals surface area contributed by atoms with Crippen molar-refractivity contribution in [3.05, 3.63) is 0 Å². The number of hydrogen-bond acceptors (Lipinski definition) is 3. The summed E-state index contributed by atoms with van der Waals surface area (Å²) in [5, 5.41) is 2.58. The van der Waals surface area contributed by atoms with Gasteiger partial charge in [0.05, 0.1) is 19.6 Å². The van der Waals surface area contributed by atoms with Crippen molar-refractivity contribution in [2.75, 3.05) is 19.6 Å². The number of rotatable bonds is 3. The standard InChI is InChI=1S/C9H12N2O3/c1-3-4-11-6-8(14-9(11)13)5-10-7(2)12/h1,8H,4-6H2,2H3,(H,10,12). The van der Waals surface area contributed by atoms with Crippen LogP contribution in [0.5, 0.6) is 0 Å². The Balaban J connectivity index is 2.35. The SMILES string of the molecule is C#CCN1CC(CNC(C)=O)OC1=O. The van der Waals surface area contributed by atoms with Crippen molar-refractivity contribution < 1.29 is 14.3 Å². The van der Waals surface area contributed by atoms with Gasteiger partial charge in [-0.05, 0) is 0 Å². The topological polar surface area (TPSA) is 58.6 Å². The maximum atomic E-state index is 11.1. The van der Waals surface area contributed by atoms with E-state index in [2.05, 4.69) is 11.2 Å². The van der Waals surface area contributed by atoms with Gasteiger partial charge in [-0.1, -0.05) is 5.92 Å². The molecule has 1 saturated heterocycles. The average Bonchev–Trinajstić information content (AvgIpc) is 2.45. The fraction of sp³-hybridized carbons (Fsp3) is 0.556. The normalized spacial score (nSPS) is 20.1. The molecule has 0 aromatic carbocycles. The number of carbonyl (C=O) groups excluding carboxylic acids is 2. The molecule has 1 aliphatic rings. The van der Waals surface area contributed by atoms with E-state index in [0.717, 1.165) is 0 Å². The van der Waals surface area contributed by atoms with E-state index in [-0.39, 0.29) is 18.6 Å². The third-order valence-electron chi connectivity index (χ3n) is 1.81. The molecule has 1 atom stereocenters. The van der Waals surface area contributed by atoms with Gasteiger partial charge in [0.2, 0.25) is 5.91 Å². The van der Waals surface area contributed by atoms with Crippen LogP contribution in [0, 0.1) is 12.3 Å². The molecule has 1 N–H and O–H groups in total. The number of terminal acetylenes is 1. The average molecular weight is 196 g/mol. The summed E-state index contributed by atoms with van der Waals surface area (Å²) in [5.41, 5.74) is 0. The van der Waals surface area contributed by atoms with Crippen molar-refractivity contribution in [1.82, 2.24) is 10.2 Å². The Morgan fingerprint density at radius 1 is 1.86 bits per heavy atom. The van der Waals surface area contributed by atoms with Crippen LogP contribution in [0.25, 0.3) is 0 Å². The van der Waals surface area contributed by atoms with Crippen LogP contribution >= 0.6 is 0 Å². The number of cyclic esters (lactones) is 1. The van der Waals surface area contributed by atoms with Gasteiger partial charge in [0, 0.05) is 6.92 Å². The van der Waals surface area contributed by atoms with Gasteiger partial charge in [0.25, 0.3) is 0 Å². The van der Waals surface area contributed by atoms with E-state index in [9.17, 15) is 9.59 Å². The molecule has 76 valence electrons. The van der Waals surface area contributed by atoms with Crippen molar-refractivity contribution in [2.45, 2.75) is 13.0 Å². The van der Waals surface area contributed by atoms with Crippen LogP contribution in [0.3, 0.4) is 0 Å². The summed E-state index contributed by atoms with van der Waals surface area (Å²) in [4.78, 5) is 23.1. The highest BCUT2D eigenvalue weighted by atomic mass is 16.6. The maximum absolute atomic E-state index is 11.1. The van der Waals surface area contributed by atoms with Crippen LogP contribution in [-0.2, 0) is 9.53 Å². The second-order valence-electron chi connectivity index (χ2n) is 3.03. The third-order valence-corrected chi connectivity index (χ3v) is 1.81. The Kier molecular flexibility index (Phi) is 3.35. The second-order valence-corrected chi connectivity index (χ2v) is 3.03. The first kappa shape index (κ1) is 10.4. The lowest BCUT2D eigenvalue weighted by atomic mass is 10.3. The zero-order valence-electron chi connectivity index (χ0n) is 7.95. The molecule has 0 aromatic rings. The number of nitrogens with zero attached hydrogens (tertiary/aromatic N) is 1. The Bertz CT molecular complexity index is 282. The fourth-order valence-electron chi connectivity index (χ4n) is 1.18. The first-order valence-corrected chi connectivity index (χ1v) is 4.27. The molecule has 0 saturated carbocycles. The van der Waals surface area contributed by atoms with Crippen molar-refractivity contribution in [2.24, 2.45) is 0 Å². The van der Waals surface area contributed by atoms with Gasteiger partial charge >= 0.3 is 6.09 Å². The molecular formula is C9H12N2O3. The van der Waals surface area contributed by atoms with E-state index >= 15 is 0 Å². The molecule has 1 fully saturated rings. The summed E-state index contributed by atoms with van der Waals surface area (Å²) in [5.74, 6) is 2.22. The lowest BCUT2D eigenvalue weighted by Crippen LogP contribution is -2.33. The molecule has 0 spiro atoms. The van der Waals surface area contributed by atoms with Crippen molar-refractivity contribution in [3.63, 3.8) is 0 Å². The van der Waals surface area contributed by atoms with Crippen LogP contribution < -0.4 is 5.32 Å². The van der Waals surface area contributed by atoms with Crippen molar-refractivity contribution in [1.29, 1.82) is 0 Å².